The fraction of sp³-hybridized carbons (Fsp3) is 0.571. The van der Waals surface area contributed by atoms with E-state index in [0.717, 1.165) is 29.6 Å². The van der Waals surface area contributed by atoms with E-state index in [4.69, 9.17) is 4.98 Å². The van der Waals surface area contributed by atoms with Crippen LogP contribution in [-0.2, 0) is 13.5 Å². The van der Waals surface area contributed by atoms with Crippen molar-refractivity contribution in [2.45, 2.75) is 39.5 Å². The lowest BCUT2D eigenvalue weighted by molar-refractivity contribution is 0.440. The van der Waals surface area contributed by atoms with Crippen LogP contribution in [0.4, 0.5) is 0 Å². The van der Waals surface area contributed by atoms with Crippen LogP contribution in [0.3, 0.4) is 0 Å². The third-order valence-electron chi connectivity index (χ3n) is 3.83. The predicted octanol–water partition coefficient (Wildman–Crippen LogP) is 2.80. The Labute approximate surface area is 107 Å². The summed E-state index contributed by atoms with van der Waals surface area (Å²) in [6, 6.07) is 2.08. The molecular formula is C14H20N4. The van der Waals surface area contributed by atoms with Gasteiger partial charge in [-0.1, -0.05) is 13.8 Å². The number of H-pyrrole nitrogens is 1. The highest BCUT2D eigenvalue weighted by molar-refractivity contribution is 5.52. The molecule has 0 bridgehead atoms. The summed E-state index contributed by atoms with van der Waals surface area (Å²) >= 11 is 0. The van der Waals surface area contributed by atoms with E-state index in [1.165, 1.54) is 17.8 Å². The highest BCUT2D eigenvalue weighted by Gasteiger charge is 2.26. The third kappa shape index (κ3) is 1.76. The molecule has 0 aromatic carbocycles. The van der Waals surface area contributed by atoms with Crippen molar-refractivity contribution in [3.8, 4) is 11.5 Å². The topological polar surface area (TPSA) is 46.5 Å². The zero-order chi connectivity index (χ0) is 12.9. The zero-order valence-electron chi connectivity index (χ0n) is 11.5. The molecule has 4 nitrogen and oxygen atoms in total. The van der Waals surface area contributed by atoms with Gasteiger partial charge in [-0.15, -0.1) is 0 Å². The van der Waals surface area contributed by atoms with Crippen molar-refractivity contribution < 1.29 is 0 Å². The van der Waals surface area contributed by atoms with Crippen LogP contribution in [-0.4, -0.2) is 19.7 Å². The number of nitrogens with zero attached hydrogens (tertiary/aromatic N) is 3. The van der Waals surface area contributed by atoms with Crippen LogP contribution in [0.25, 0.3) is 11.5 Å². The second kappa shape index (κ2) is 3.97. The Balaban J connectivity index is 2.06. The number of nitrogens with one attached hydrogen (secondary N) is 1. The fourth-order valence-corrected chi connectivity index (χ4v) is 3.09. The normalized spacial score (nSPS) is 23.1. The molecule has 96 valence electrons. The molecule has 0 saturated heterocycles. The van der Waals surface area contributed by atoms with Crippen molar-refractivity contribution in [1.29, 1.82) is 0 Å². The van der Waals surface area contributed by atoms with Gasteiger partial charge < -0.3 is 4.98 Å². The molecule has 2 aromatic rings. The van der Waals surface area contributed by atoms with Gasteiger partial charge in [-0.05, 0) is 31.7 Å². The smallest absolute Gasteiger partial charge is 0.156 e. The summed E-state index contributed by atoms with van der Waals surface area (Å²) in [6.45, 7) is 6.60. The Hall–Kier alpha value is -1.58. The molecule has 2 aromatic heterocycles. The summed E-state index contributed by atoms with van der Waals surface area (Å²) in [4.78, 5) is 8.29. The monoisotopic (exact) mass is 244 g/mol. The summed E-state index contributed by atoms with van der Waals surface area (Å²) in [5, 5.41) is 4.38. The van der Waals surface area contributed by atoms with Gasteiger partial charge in [0.25, 0.3) is 0 Å². The van der Waals surface area contributed by atoms with Crippen LogP contribution in [0.2, 0.25) is 0 Å². The van der Waals surface area contributed by atoms with E-state index in [-0.39, 0.29) is 0 Å². The molecule has 2 heterocycles. The minimum absolute atomic E-state index is 0.558. The quantitative estimate of drug-likeness (QED) is 0.838. The molecule has 0 fully saturated rings. The molecule has 0 spiro atoms. The van der Waals surface area contributed by atoms with Gasteiger partial charge in [-0.3, -0.25) is 4.68 Å². The number of fused-ring (bicyclic) bond motifs is 1. The first-order chi connectivity index (χ1) is 8.54. The van der Waals surface area contributed by atoms with E-state index in [0.29, 0.717) is 5.92 Å². The minimum Gasteiger partial charge on any atom is -0.340 e. The second-order valence-corrected chi connectivity index (χ2v) is 5.69. The molecule has 2 unspecified atom stereocenters. The van der Waals surface area contributed by atoms with Gasteiger partial charge in [0, 0.05) is 18.7 Å². The molecule has 1 N–H and O–H groups in total. The molecule has 0 amide bonds. The van der Waals surface area contributed by atoms with Crippen molar-refractivity contribution in [3.05, 3.63) is 23.1 Å². The van der Waals surface area contributed by atoms with Gasteiger partial charge in [0.2, 0.25) is 0 Å². The average molecular weight is 244 g/mol. The van der Waals surface area contributed by atoms with Gasteiger partial charge in [-0.25, -0.2) is 4.98 Å². The van der Waals surface area contributed by atoms with Crippen LogP contribution >= 0.6 is 0 Å². The van der Waals surface area contributed by atoms with E-state index < -0.39 is 0 Å². The van der Waals surface area contributed by atoms with E-state index in [9.17, 15) is 0 Å². The van der Waals surface area contributed by atoms with Crippen LogP contribution in [0.5, 0.6) is 0 Å². The van der Waals surface area contributed by atoms with Crippen LogP contribution in [0, 0.1) is 12.8 Å². The largest absolute Gasteiger partial charge is 0.340 e. The zero-order valence-corrected chi connectivity index (χ0v) is 11.5. The Morgan fingerprint density at radius 3 is 2.83 bits per heavy atom. The first kappa shape index (κ1) is 11.5. The van der Waals surface area contributed by atoms with E-state index in [1.807, 2.05) is 18.7 Å². The summed E-state index contributed by atoms with van der Waals surface area (Å²) in [6.07, 6.45) is 2.35. The maximum atomic E-state index is 4.79. The minimum atomic E-state index is 0.558. The number of aromatic nitrogens is 4. The maximum absolute atomic E-state index is 4.79. The van der Waals surface area contributed by atoms with Crippen molar-refractivity contribution in [2.75, 3.05) is 0 Å². The maximum Gasteiger partial charge on any atom is 0.156 e. The average Bonchev–Trinajstić information content (AvgIpc) is 2.81. The van der Waals surface area contributed by atoms with Crippen molar-refractivity contribution in [2.24, 2.45) is 13.0 Å². The molecule has 2 atom stereocenters. The predicted molar refractivity (Wildman–Crippen MR) is 71.4 cm³/mol. The number of rotatable bonds is 1. The van der Waals surface area contributed by atoms with E-state index in [1.54, 1.807) is 0 Å². The molecule has 1 aliphatic rings. The first-order valence-corrected chi connectivity index (χ1v) is 6.64. The highest BCUT2D eigenvalue weighted by Crippen LogP contribution is 2.34. The Morgan fingerprint density at radius 1 is 1.39 bits per heavy atom. The molecule has 4 heteroatoms. The Kier molecular flexibility index (Phi) is 2.54. The van der Waals surface area contributed by atoms with Gasteiger partial charge in [0.1, 0.15) is 5.69 Å². The summed E-state index contributed by atoms with van der Waals surface area (Å²) in [7, 11) is 1.97. The number of imidazole rings is 1. The van der Waals surface area contributed by atoms with Gasteiger partial charge in [0.15, 0.2) is 5.82 Å². The van der Waals surface area contributed by atoms with Crippen LogP contribution in [0.1, 0.15) is 43.3 Å². The first-order valence-electron chi connectivity index (χ1n) is 6.64. The number of hydrogen-bond acceptors (Lipinski definition) is 2. The molecule has 0 saturated carbocycles. The van der Waals surface area contributed by atoms with Crippen molar-refractivity contribution >= 4 is 0 Å². The molecule has 0 radical (unpaired) electrons. The lowest BCUT2D eigenvalue weighted by atomic mass is 9.84. The van der Waals surface area contributed by atoms with Crippen LogP contribution in [0.15, 0.2) is 6.07 Å². The van der Waals surface area contributed by atoms with Gasteiger partial charge in [0.05, 0.1) is 11.4 Å². The SMILES string of the molecule is Cc1cc(-c2nc3c([nH]2)CC(C)CC3C)n(C)n1. The molecule has 18 heavy (non-hydrogen) atoms. The summed E-state index contributed by atoms with van der Waals surface area (Å²) in [5.74, 6) is 2.26. The van der Waals surface area contributed by atoms with Crippen molar-refractivity contribution in [3.63, 3.8) is 0 Å². The van der Waals surface area contributed by atoms with E-state index >= 15 is 0 Å². The Bertz CT molecular complexity index is 579. The highest BCUT2D eigenvalue weighted by atomic mass is 15.3. The molecule has 3 rings (SSSR count). The summed E-state index contributed by atoms with van der Waals surface area (Å²) in [5.41, 5.74) is 4.67. The lowest BCUT2D eigenvalue weighted by Gasteiger charge is -2.22. The van der Waals surface area contributed by atoms with Crippen molar-refractivity contribution in [1.82, 2.24) is 19.7 Å². The number of aromatic amines is 1. The summed E-state index contributed by atoms with van der Waals surface area (Å²) < 4.78 is 1.90. The fourth-order valence-electron chi connectivity index (χ4n) is 3.09. The molecule has 0 aliphatic heterocycles. The Morgan fingerprint density at radius 2 is 2.17 bits per heavy atom. The lowest BCUT2D eigenvalue weighted by Crippen LogP contribution is -2.14. The van der Waals surface area contributed by atoms with Crippen LogP contribution < -0.4 is 0 Å². The van der Waals surface area contributed by atoms with Gasteiger partial charge >= 0.3 is 0 Å². The molecule has 1 aliphatic carbocycles. The second-order valence-electron chi connectivity index (χ2n) is 5.69. The van der Waals surface area contributed by atoms with Gasteiger partial charge in [-0.2, -0.15) is 5.10 Å². The molecular weight excluding hydrogens is 224 g/mol. The number of aryl methyl sites for hydroxylation is 2. The number of hydrogen-bond donors (Lipinski definition) is 1. The third-order valence-corrected chi connectivity index (χ3v) is 3.83. The van der Waals surface area contributed by atoms with E-state index in [2.05, 4.69) is 30.0 Å². The standard InChI is InChI=1S/C14H20N4/c1-8-5-9(2)13-11(6-8)15-14(16-13)12-7-10(3)17-18(12)4/h7-9H,5-6H2,1-4H3,(H,15,16).